The number of benzene rings is 1. The minimum Gasteiger partial charge on any atom is -0.497 e. The van der Waals surface area contributed by atoms with Gasteiger partial charge in [0.05, 0.1) is 13.7 Å². The van der Waals surface area contributed by atoms with Gasteiger partial charge < -0.3 is 20.7 Å². The lowest BCUT2D eigenvalue weighted by atomic mass is 10.2. The van der Waals surface area contributed by atoms with E-state index in [4.69, 9.17) is 4.74 Å². The van der Waals surface area contributed by atoms with Crippen molar-refractivity contribution in [2.45, 2.75) is 25.0 Å². The number of aliphatic imine (C=N–C) groups is 1. The number of carbonyl (C=O) groups is 1. The Labute approximate surface area is 177 Å². The second-order valence-corrected chi connectivity index (χ2v) is 7.18. The summed E-state index contributed by atoms with van der Waals surface area (Å²) in [6, 6.07) is 7.13. The highest BCUT2D eigenvalue weighted by Crippen LogP contribution is 2.25. The van der Waals surface area contributed by atoms with Crippen molar-refractivity contribution in [3.63, 3.8) is 0 Å². The van der Waals surface area contributed by atoms with Crippen molar-refractivity contribution < 1.29 is 9.53 Å². The third-order valence-corrected chi connectivity index (χ3v) is 5.24. The van der Waals surface area contributed by atoms with Crippen LogP contribution in [0.15, 0.2) is 29.3 Å². The molecule has 1 saturated heterocycles. The number of rotatable bonds is 8. The second-order valence-electron chi connectivity index (χ2n) is 5.77. The molecule has 8 heteroatoms. The zero-order valence-electron chi connectivity index (χ0n) is 15.4. The molecule has 1 heterocycles. The van der Waals surface area contributed by atoms with Crippen LogP contribution in [-0.2, 0) is 0 Å². The fraction of sp³-hybridized carbons (Fsp3) is 0.556. The zero-order chi connectivity index (χ0) is 17.9. The molecule has 0 aromatic heterocycles. The summed E-state index contributed by atoms with van der Waals surface area (Å²) < 4.78 is 5.14. The minimum atomic E-state index is -0.106. The third-order valence-electron chi connectivity index (χ3n) is 3.86. The number of amides is 1. The Kier molecular flexibility index (Phi) is 11.5. The Morgan fingerprint density at radius 3 is 2.81 bits per heavy atom. The molecule has 0 saturated carbocycles. The lowest BCUT2D eigenvalue weighted by Gasteiger charge is -2.13. The molecule has 3 N–H and O–H groups in total. The average Bonchev–Trinajstić information content (AvgIpc) is 3.16. The molecule has 1 atom stereocenters. The smallest absolute Gasteiger partial charge is 0.251 e. The molecule has 1 unspecified atom stereocenters. The van der Waals surface area contributed by atoms with Gasteiger partial charge in [-0.2, -0.15) is 11.8 Å². The van der Waals surface area contributed by atoms with Gasteiger partial charge in [0, 0.05) is 30.4 Å². The number of thioether (sulfide) groups is 1. The monoisotopic (exact) mass is 492 g/mol. The molecule has 1 aromatic rings. The number of halogens is 1. The van der Waals surface area contributed by atoms with Gasteiger partial charge in [-0.05, 0) is 43.7 Å². The molecule has 0 radical (unpaired) electrons. The first-order valence-electron chi connectivity index (χ1n) is 8.79. The SMILES string of the molecule is CCNC(=NCC1CCCS1)NCCNC(=O)c1cccc(OC)c1.I. The number of hydrogen-bond donors (Lipinski definition) is 3. The van der Waals surface area contributed by atoms with E-state index in [1.54, 1.807) is 19.2 Å². The summed E-state index contributed by atoms with van der Waals surface area (Å²) in [5.74, 6) is 2.63. The topological polar surface area (TPSA) is 74.8 Å². The Morgan fingerprint density at radius 1 is 1.31 bits per heavy atom. The van der Waals surface area contributed by atoms with Crippen LogP contribution in [0, 0.1) is 0 Å². The molecule has 26 heavy (non-hydrogen) atoms. The van der Waals surface area contributed by atoms with E-state index in [1.807, 2.05) is 30.8 Å². The first-order valence-corrected chi connectivity index (χ1v) is 9.84. The molecule has 1 fully saturated rings. The largest absolute Gasteiger partial charge is 0.497 e. The molecule has 146 valence electrons. The first kappa shape index (κ1) is 22.9. The maximum atomic E-state index is 12.1. The van der Waals surface area contributed by atoms with Crippen LogP contribution in [0.2, 0.25) is 0 Å². The van der Waals surface area contributed by atoms with Crippen molar-refractivity contribution in [1.82, 2.24) is 16.0 Å². The van der Waals surface area contributed by atoms with Gasteiger partial charge in [0.1, 0.15) is 5.75 Å². The number of methoxy groups -OCH3 is 1. The van der Waals surface area contributed by atoms with Crippen molar-refractivity contribution in [3.8, 4) is 5.75 Å². The Morgan fingerprint density at radius 2 is 2.12 bits per heavy atom. The molecule has 1 aromatic carbocycles. The predicted octanol–water partition coefficient (Wildman–Crippen LogP) is 2.49. The lowest BCUT2D eigenvalue weighted by molar-refractivity contribution is 0.0954. The molecule has 1 aliphatic rings. The highest BCUT2D eigenvalue weighted by molar-refractivity contribution is 14.0. The number of guanidine groups is 1. The van der Waals surface area contributed by atoms with Crippen LogP contribution in [-0.4, -0.2) is 56.2 Å². The number of hydrogen-bond acceptors (Lipinski definition) is 4. The number of nitrogens with one attached hydrogen (secondary N) is 3. The first-order chi connectivity index (χ1) is 12.2. The van der Waals surface area contributed by atoms with E-state index in [0.717, 1.165) is 19.0 Å². The summed E-state index contributed by atoms with van der Waals surface area (Å²) in [4.78, 5) is 16.8. The predicted molar refractivity (Wildman–Crippen MR) is 120 cm³/mol. The van der Waals surface area contributed by atoms with E-state index < -0.39 is 0 Å². The molecule has 0 bridgehead atoms. The van der Waals surface area contributed by atoms with E-state index in [-0.39, 0.29) is 29.9 Å². The van der Waals surface area contributed by atoms with E-state index in [9.17, 15) is 4.79 Å². The van der Waals surface area contributed by atoms with Gasteiger partial charge in [0.25, 0.3) is 5.91 Å². The molecule has 0 spiro atoms. The highest BCUT2D eigenvalue weighted by Gasteiger charge is 2.15. The van der Waals surface area contributed by atoms with Crippen molar-refractivity contribution in [1.29, 1.82) is 0 Å². The summed E-state index contributed by atoms with van der Waals surface area (Å²) >= 11 is 2.01. The second kappa shape index (κ2) is 13.1. The van der Waals surface area contributed by atoms with Crippen LogP contribution in [0.5, 0.6) is 5.75 Å². The fourth-order valence-corrected chi connectivity index (χ4v) is 3.73. The van der Waals surface area contributed by atoms with Gasteiger partial charge in [-0.25, -0.2) is 0 Å². The van der Waals surface area contributed by atoms with Gasteiger partial charge in [-0.1, -0.05) is 6.07 Å². The maximum Gasteiger partial charge on any atom is 0.251 e. The van der Waals surface area contributed by atoms with Gasteiger partial charge in [-0.15, -0.1) is 24.0 Å². The van der Waals surface area contributed by atoms with Crippen LogP contribution in [0.4, 0.5) is 0 Å². The normalized spacial score (nSPS) is 16.5. The van der Waals surface area contributed by atoms with E-state index in [1.165, 1.54) is 18.6 Å². The van der Waals surface area contributed by atoms with E-state index in [0.29, 0.717) is 29.7 Å². The van der Waals surface area contributed by atoms with Gasteiger partial charge in [0.15, 0.2) is 5.96 Å². The van der Waals surface area contributed by atoms with Crippen LogP contribution in [0.25, 0.3) is 0 Å². The van der Waals surface area contributed by atoms with Crippen LogP contribution < -0.4 is 20.7 Å². The lowest BCUT2D eigenvalue weighted by Crippen LogP contribution is -2.41. The average molecular weight is 492 g/mol. The Bertz CT molecular complexity index is 580. The Hall–Kier alpha value is -1.16. The van der Waals surface area contributed by atoms with Gasteiger partial charge in [-0.3, -0.25) is 9.79 Å². The summed E-state index contributed by atoms with van der Waals surface area (Å²) in [5.41, 5.74) is 0.596. The highest BCUT2D eigenvalue weighted by atomic mass is 127. The zero-order valence-corrected chi connectivity index (χ0v) is 18.6. The van der Waals surface area contributed by atoms with Crippen LogP contribution >= 0.6 is 35.7 Å². The minimum absolute atomic E-state index is 0. The Balaban J connectivity index is 0.00000338. The molecule has 2 rings (SSSR count). The quantitative estimate of drug-likeness (QED) is 0.225. The number of carbonyl (C=O) groups excluding carboxylic acids is 1. The molecular formula is C18H29IN4O2S. The third kappa shape index (κ3) is 8.03. The van der Waals surface area contributed by atoms with Crippen molar-refractivity contribution >= 4 is 47.6 Å². The standard InChI is InChI=1S/C18H28N4O2S.HI/c1-3-19-18(22-13-16-8-5-11-25-16)21-10-9-20-17(23)14-6-4-7-15(12-14)24-2;/h4,6-7,12,16H,3,5,8-11,13H2,1-2H3,(H,20,23)(H2,19,21,22);1H. The fourth-order valence-electron chi connectivity index (χ4n) is 2.55. The summed E-state index contributed by atoms with van der Waals surface area (Å²) in [7, 11) is 1.59. The van der Waals surface area contributed by atoms with Crippen LogP contribution in [0.1, 0.15) is 30.1 Å². The molecule has 0 aliphatic carbocycles. The molecule has 1 amide bonds. The molecular weight excluding hydrogens is 463 g/mol. The van der Waals surface area contributed by atoms with Crippen LogP contribution in [0.3, 0.4) is 0 Å². The van der Waals surface area contributed by atoms with Crippen molar-refractivity contribution in [3.05, 3.63) is 29.8 Å². The number of nitrogens with zero attached hydrogens (tertiary/aromatic N) is 1. The van der Waals surface area contributed by atoms with Crippen molar-refractivity contribution in [2.24, 2.45) is 4.99 Å². The maximum absolute atomic E-state index is 12.1. The summed E-state index contributed by atoms with van der Waals surface area (Å²) in [5, 5.41) is 10.0. The summed E-state index contributed by atoms with van der Waals surface area (Å²) in [6.07, 6.45) is 2.55. The molecule has 6 nitrogen and oxygen atoms in total. The van der Waals surface area contributed by atoms with E-state index in [2.05, 4.69) is 20.9 Å². The number of ether oxygens (including phenoxy) is 1. The van der Waals surface area contributed by atoms with Crippen molar-refractivity contribution in [2.75, 3.05) is 39.0 Å². The summed E-state index contributed by atoms with van der Waals surface area (Å²) in [6.45, 7) is 4.86. The van der Waals surface area contributed by atoms with E-state index >= 15 is 0 Å². The molecule has 1 aliphatic heterocycles. The van der Waals surface area contributed by atoms with Gasteiger partial charge in [0.2, 0.25) is 0 Å². The van der Waals surface area contributed by atoms with Gasteiger partial charge >= 0.3 is 0 Å².